The monoisotopic (exact) mass is 138 g/mol. The maximum atomic E-state index is 4.01. The first-order valence-electron chi connectivity index (χ1n) is 3.23. The van der Waals surface area contributed by atoms with Gasteiger partial charge in [0, 0.05) is 7.05 Å². The molecule has 0 aliphatic carbocycles. The number of allylic oxidation sites excluding steroid dienone is 1. The van der Waals surface area contributed by atoms with Crippen LogP contribution in [0.1, 0.15) is 13.8 Å². The van der Waals surface area contributed by atoms with Gasteiger partial charge in [0.05, 0.1) is 0 Å². The normalized spacial score (nSPS) is 13.1. The largest absolute Gasteiger partial charge is 0.347 e. The highest BCUT2D eigenvalue weighted by atomic mass is 15.0. The fourth-order valence-electron chi connectivity index (χ4n) is 0.588. The number of hydrogen-bond acceptors (Lipinski definition) is 1. The molecule has 56 valence electrons. The molecule has 0 aromatic heterocycles. The Morgan fingerprint density at radius 3 is 2.50 bits per heavy atom. The zero-order valence-corrected chi connectivity index (χ0v) is 6.81. The van der Waals surface area contributed by atoms with Gasteiger partial charge in [0.15, 0.2) is 0 Å². The Kier molecular flexibility index (Phi) is 4.29. The van der Waals surface area contributed by atoms with Gasteiger partial charge in [0.1, 0.15) is 5.84 Å². The van der Waals surface area contributed by atoms with Crippen molar-refractivity contribution in [3.8, 4) is 0 Å². The van der Waals surface area contributed by atoms with Crippen molar-refractivity contribution in [1.29, 1.82) is 0 Å². The molecule has 2 heteroatoms. The van der Waals surface area contributed by atoms with Crippen LogP contribution in [-0.4, -0.2) is 12.9 Å². The molecule has 0 fully saturated rings. The molecule has 0 spiro atoms. The van der Waals surface area contributed by atoms with Crippen molar-refractivity contribution in [1.82, 2.24) is 5.32 Å². The molecule has 1 N–H and O–H groups in total. The highest BCUT2D eigenvalue weighted by molar-refractivity contribution is 5.98. The van der Waals surface area contributed by atoms with Crippen LogP contribution >= 0.6 is 0 Å². The second-order valence-corrected chi connectivity index (χ2v) is 1.89. The minimum absolute atomic E-state index is 0.873. The lowest BCUT2D eigenvalue weighted by Gasteiger charge is -2.03. The van der Waals surface area contributed by atoms with E-state index < -0.39 is 0 Å². The summed E-state index contributed by atoms with van der Waals surface area (Å²) in [4.78, 5) is 4.01. The van der Waals surface area contributed by atoms with Crippen LogP contribution in [0.2, 0.25) is 0 Å². The van der Waals surface area contributed by atoms with Crippen molar-refractivity contribution in [2.75, 3.05) is 7.05 Å². The highest BCUT2D eigenvalue weighted by Crippen LogP contribution is 1.92. The lowest BCUT2D eigenvalue weighted by Crippen LogP contribution is -2.17. The van der Waals surface area contributed by atoms with Crippen LogP contribution in [0.5, 0.6) is 0 Å². The van der Waals surface area contributed by atoms with Crippen LogP contribution in [0.25, 0.3) is 0 Å². The number of aliphatic imine (C=N–C) groups is 1. The SMILES string of the molecule is C=CNC(=NC)/C(C)=C\C. The smallest absolute Gasteiger partial charge is 0.127 e. The summed E-state index contributed by atoms with van der Waals surface area (Å²) in [7, 11) is 1.75. The zero-order chi connectivity index (χ0) is 7.98. The van der Waals surface area contributed by atoms with E-state index in [0.717, 1.165) is 11.4 Å². The second kappa shape index (κ2) is 4.79. The van der Waals surface area contributed by atoms with Crippen molar-refractivity contribution in [3.05, 3.63) is 24.4 Å². The molecule has 0 aromatic carbocycles. The maximum Gasteiger partial charge on any atom is 0.127 e. The first-order chi connectivity index (χ1) is 4.76. The first-order valence-corrected chi connectivity index (χ1v) is 3.23. The van der Waals surface area contributed by atoms with Crippen LogP contribution in [0, 0.1) is 0 Å². The molecule has 0 unspecified atom stereocenters. The first kappa shape index (κ1) is 8.95. The summed E-state index contributed by atoms with van der Waals surface area (Å²) in [5.74, 6) is 0.873. The van der Waals surface area contributed by atoms with Crippen molar-refractivity contribution in [3.63, 3.8) is 0 Å². The Bertz CT molecular complexity index is 166. The van der Waals surface area contributed by atoms with E-state index >= 15 is 0 Å². The molecule has 0 heterocycles. The molecule has 2 nitrogen and oxygen atoms in total. The summed E-state index contributed by atoms with van der Waals surface area (Å²) in [6.07, 6.45) is 3.62. The Hall–Kier alpha value is -1.05. The Labute approximate surface area is 62.4 Å². The summed E-state index contributed by atoms with van der Waals surface area (Å²) < 4.78 is 0. The predicted molar refractivity (Wildman–Crippen MR) is 46.1 cm³/mol. The molecule has 0 amide bonds. The van der Waals surface area contributed by atoms with Gasteiger partial charge in [0.25, 0.3) is 0 Å². The third-order valence-corrected chi connectivity index (χ3v) is 1.27. The Morgan fingerprint density at radius 1 is 1.60 bits per heavy atom. The lowest BCUT2D eigenvalue weighted by molar-refractivity contribution is 1.21. The second-order valence-electron chi connectivity index (χ2n) is 1.89. The van der Waals surface area contributed by atoms with Gasteiger partial charge in [-0.25, -0.2) is 0 Å². The average molecular weight is 138 g/mol. The van der Waals surface area contributed by atoms with Gasteiger partial charge < -0.3 is 5.32 Å². The number of amidine groups is 1. The fourth-order valence-corrected chi connectivity index (χ4v) is 0.588. The number of nitrogens with one attached hydrogen (secondary N) is 1. The molecule has 0 radical (unpaired) electrons. The van der Waals surface area contributed by atoms with Gasteiger partial charge in [-0.05, 0) is 25.6 Å². The number of rotatable bonds is 2. The van der Waals surface area contributed by atoms with Gasteiger partial charge >= 0.3 is 0 Å². The molecule has 0 aliphatic rings. The van der Waals surface area contributed by atoms with E-state index in [9.17, 15) is 0 Å². The quantitative estimate of drug-likeness (QED) is 0.456. The minimum Gasteiger partial charge on any atom is -0.347 e. The minimum atomic E-state index is 0.873. The molecule has 0 saturated carbocycles. The van der Waals surface area contributed by atoms with E-state index in [-0.39, 0.29) is 0 Å². The van der Waals surface area contributed by atoms with Crippen LogP contribution in [-0.2, 0) is 0 Å². The van der Waals surface area contributed by atoms with E-state index in [4.69, 9.17) is 0 Å². The molecular weight excluding hydrogens is 124 g/mol. The van der Waals surface area contributed by atoms with Crippen LogP contribution in [0.15, 0.2) is 29.4 Å². The van der Waals surface area contributed by atoms with Gasteiger partial charge in [-0.1, -0.05) is 12.7 Å². The van der Waals surface area contributed by atoms with Gasteiger partial charge in [0.2, 0.25) is 0 Å². The van der Waals surface area contributed by atoms with E-state index in [1.165, 1.54) is 0 Å². The van der Waals surface area contributed by atoms with E-state index in [1.54, 1.807) is 13.2 Å². The fraction of sp³-hybridized carbons (Fsp3) is 0.375. The predicted octanol–water partition coefficient (Wildman–Crippen LogP) is 1.71. The van der Waals surface area contributed by atoms with Crippen LogP contribution < -0.4 is 5.32 Å². The molecule has 0 saturated heterocycles. The Morgan fingerprint density at radius 2 is 2.20 bits per heavy atom. The van der Waals surface area contributed by atoms with Crippen LogP contribution in [0.3, 0.4) is 0 Å². The molecule has 10 heavy (non-hydrogen) atoms. The summed E-state index contributed by atoms with van der Waals surface area (Å²) in [5, 5.41) is 2.93. The van der Waals surface area contributed by atoms with Gasteiger partial charge in [-0.2, -0.15) is 0 Å². The lowest BCUT2D eigenvalue weighted by atomic mass is 10.2. The molecule has 0 aliphatic heterocycles. The summed E-state index contributed by atoms with van der Waals surface area (Å²) in [6.45, 7) is 7.52. The molecule has 0 rings (SSSR count). The van der Waals surface area contributed by atoms with Crippen molar-refractivity contribution < 1.29 is 0 Å². The van der Waals surface area contributed by atoms with Gasteiger partial charge in [-0.3, -0.25) is 4.99 Å². The maximum absolute atomic E-state index is 4.01. The van der Waals surface area contributed by atoms with E-state index in [2.05, 4.69) is 16.9 Å². The summed E-state index contributed by atoms with van der Waals surface area (Å²) >= 11 is 0. The van der Waals surface area contributed by atoms with Crippen molar-refractivity contribution in [2.45, 2.75) is 13.8 Å². The van der Waals surface area contributed by atoms with E-state index in [0.29, 0.717) is 0 Å². The third-order valence-electron chi connectivity index (χ3n) is 1.27. The van der Waals surface area contributed by atoms with Crippen LogP contribution in [0.4, 0.5) is 0 Å². The highest BCUT2D eigenvalue weighted by Gasteiger charge is 1.93. The van der Waals surface area contributed by atoms with E-state index in [1.807, 2.05) is 19.9 Å². The Balaban J connectivity index is 4.22. The standard InChI is InChI=1S/C8H14N2/c1-5-7(3)8(9-4)10-6-2/h5-6H,2H2,1,3-4H3,(H,9,10)/b7-5-. The summed E-state index contributed by atoms with van der Waals surface area (Å²) in [6, 6.07) is 0. The molecule has 0 bridgehead atoms. The third kappa shape index (κ3) is 2.49. The van der Waals surface area contributed by atoms with Crippen molar-refractivity contribution >= 4 is 5.84 Å². The average Bonchev–Trinajstić information content (AvgIpc) is 1.99. The van der Waals surface area contributed by atoms with Gasteiger partial charge in [-0.15, -0.1) is 0 Å². The van der Waals surface area contributed by atoms with Crippen molar-refractivity contribution in [2.24, 2.45) is 4.99 Å². The molecular formula is C8H14N2. The number of hydrogen-bond donors (Lipinski definition) is 1. The molecule has 0 aromatic rings. The number of nitrogens with zero attached hydrogens (tertiary/aromatic N) is 1. The topological polar surface area (TPSA) is 24.4 Å². The summed E-state index contributed by atoms with van der Waals surface area (Å²) in [5.41, 5.74) is 1.13. The molecule has 0 atom stereocenters. The zero-order valence-electron chi connectivity index (χ0n) is 6.81.